The Hall–Kier alpha value is -1.77. The molecule has 110 valence electrons. The molecule has 6 heteroatoms. The van der Waals surface area contributed by atoms with Gasteiger partial charge in [0.25, 0.3) is 0 Å². The predicted molar refractivity (Wildman–Crippen MR) is 71.9 cm³/mol. The molecule has 2 amide bonds. The number of carbonyl (C=O) groups excluding carboxylic acids is 1. The van der Waals surface area contributed by atoms with Crippen molar-refractivity contribution in [2.24, 2.45) is 0 Å². The first-order chi connectivity index (χ1) is 9.56. The van der Waals surface area contributed by atoms with Crippen molar-refractivity contribution >= 4 is 12.0 Å². The molecule has 0 bridgehead atoms. The van der Waals surface area contributed by atoms with Crippen LogP contribution in [-0.4, -0.2) is 40.1 Å². The third-order valence-electron chi connectivity index (χ3n) is 4.14. The van der Waals surface area contributed by atoms with Crippen LogP contribution in [0.4, 0.5) is 4.79 Å². The minimum Gasteiger partial charge on any atom is -0.481 e. The van der Waals surface area contributed by atoms with Crippen molar-refractivity contribution in [2.75, 3.05) is 6.54 Å². The second kappa shape index (κ2) is 6.12. The Balaban J connectivity index is 1.99. The van der Waals surface area contributed by atoms with E-state index >= 15 is 0 Å². The minimum atomic E-state index is -0.873. The maximum atomic E-state index is 12.4. The summed E-state index contributed by atoms with van der Waals surface area (Å²) in [6.45, 7) is 0.427. The van der Waals surface area contributed by atoms with Gasteiger partial charge in [0.15, 0.2) is 0 Å². The van der Waals surface area contributed by atoms with Crippen LogP contribution in [-0.2, 0) is 4.79 Å². The SMILES string of the molecule is N#CCCN(C(=O)NC1(CC(=O)O)CCCC1)C1CC1. The Bertz CT molecular complexity index is 420. The first-order valence-electron chi connectivity index (χ1n) is 7.24. The Morgan fingerprint density at radius 2 is 2.00 bits per heavy atom. The fourth-order valence-corrected chi connectivity index (χ4v) is 2.99. The largest absolute Gasteiger partial charge is 0.481 e. The van der Waals surface area contributed by atoms with Gasteiger partial charge in [-0.15, -0.1) is 0 Å². The molecule has 0 spiro atoms. The molecule has 0 saturated heterocycles. The van der Waals surface area contributed by atoms with Crippen molar-refractivity contribution in [3.63, 3.8) is 0 Å². The van der Waals surface area contributed by atoms with Crippen LogP contribution in [0, 0.1) is 11.3 Å². The number of nitrogens with one attached hydrogen (secondary N) is 1. The zero-order valence-corrected chi connectivity index (χ0v) is 11.6. The Labute approximate surface area is 118 Å². The van der Waals surface area contributed by atoms with Crippen molar-refractivity contribution in [3.8, 4) is 6.07 Å². The van der Waals surface area contributed by atoms with Gasteiger partial charge in [0.1, 0.15) is 0 Å². The average molecular weight is 279 g/mol. The minimum absolute atomic E-state index is 0.0184. The number of amides is 2. The number of hydrogen-bond acceptors (Lipinski definition) is 3. The van der Waals surface area contributed by atoms with Gasteiger partial charge in [-0.25, -0.2) is 4.79 Å². The van der Waals surface area contributed by atoms with Gasteiger partial charge in [-0.05, 0) is 25.7 Å². The molecule has 2 fully saturated rings. The van der Waals surface area contributed by atoms with Crippen LogP contribution in [0.3, 0.4) is 0 Å². The van der Waals surface area contributed by atoms with Crippen LogP contribution >= 0.6 is 0 Å². The molecule has 0 aliphatic heterocycles. The summed E-state index contributed by atoms with van der Waals surface area (Å²) in [4.78, 5) is 25.1. The third-order valence-corrected chi connectivity index (χ3v) is 4.14. The number of carboxylic acid groups (broad SMARTS) is 1. The lowest BCUT2D eigenvalue weighted by molar-refractivity contribution is -0.138. The van der Waals surface area contributed by atoms with E-state index in [2.05, 4.69) is 11.4 Å². The highest BCUT2D eigenvalue weighted by molar-refractivity contribution is 5.77. The second-order valence-electron chi connectivity index (χ2n) is 5.82. The Kier molecular flexibility index (Phi) is 4.48. The van der Waals surface area contributed by atoms with Gasteiger partial charge in [0, 0.05) is 12.6 Å². The standard InChI is InChI=1S/C14H21N3O3/c15-8-3-9-17(11-4-5-11)13(20)16-14(10-12(18)19)6-1-2-7-14/h11H,1-7,9-10H2,(H,16,20)(H,18,19). The van der Waals surface area contributed by atoms with E-state index < -0.39 is 11.5 Å². The summed E-state index contributed by atoms with van der Waals surface area (Å²) in [5.74, 6) is -0.873. The molecule has 6 nitrogen and oxygen atoms in total. The summed E-state index contributed by atoms with van der Waals surface area (Å²) in [6.07, 6.45) is 5.61. The molecule has 0 aromatic heterocycles. The number of urea groups is 1. The zero-order chi connectivity index (χ0) is 14.6. The molecule has 0 heterocycles. The first kappa shape index (κ1) is 14.6. The van der Waals surface area contributed by atoms with Gasteiger partial charge in [0.2, 0.25) is 0 Å². The molecule has 0 radical (unpaired) electrons. The molecule has 2 aliphatic rings. The Morgan fingerprint density at radius 1 is 1.35 bits per heavy atom. The van der Waals surface area contributed by atoms with E-state index in [1.165, 1.54) is 0 Å². The van der Waals surface area contributed by atoms with Gasteiger partial charge < -0.3 is 15.3 Å². The summed E-state index contributed by atoms with van der Waals surface area (Å²) in [5, 5.41) is 20.7. The molecule has 2 saturated carbocycles. The summed E-state index contributed by atoms with van der Waals surface area (Å²) >= 11 is 0. The van der Waals surface area contributed by atoms with E-state index in [1.54, 1.807) is 4.90 Å². The number of nitriles is 1. The Morgan fingerprint density at radius 3 is 2.50 bits per heavy atom. The normalized spacial score (nSPS) is 20.1. The van der Waals surface area contributed by atoms with Gasteiger partial charge in [0.05, 0.1) is 24.4 Å². The van der Waals surface area contributed by atoms with Gasteiger partial charge in [-0.2, -0.15) is 5.26 Å². The van der Waals surface area contributed by atoms with Crippen molar-refractivity contribution in [1.29, 1.82) is 5.26 Å². The fraction of sp³-hybridized carbons (Fsp3) is 0.786. The molecular weight excluding hydrogens is 258 g/mol. The number of carboxylic acids is 1. The third kappa shape index (κ3) is 3.62. The van der Waals surface area contributed by atoms with Crippen LogP contribution in [0.1, 0.15) is 51.4 Å². The van der Waals surface area contributed by atoms with Crippen LogP contribution in [0.2, 0.25) is 0 Å². The molecule has 2 N–H and O–H groups in total. The van der Waals surface area contributed by atoms with Crippen LogP contribution in [0.15, 0.2) is 0 Å². The highest BCUT2D eigenvalue weighted by atomic mass is 16.4. The van der Waals surface area contributed by atoms with Crippen LogP contribution in [0.25, 0.3) is 0 Å². The quantitative estimate of drug-likeness (QED) is 0.776. The highest BCUT2D eigenvalue weighted by Crippen LogP contribution is 2.34. The smallest absolute Gasteiger partial charge is 0.318 e. The topological polar surface area (TPSA) is 93.4 Å². The molecule has 0 atom stereocenters. The van der Waals surface area contributed by atoms with Crippen molar-refractivity contribution in [3.05, 3.63) is 0 Å². The summed E-state index contributed by atoms with van der Waals surface area (Å²) in [6, 6.07) is 2.08. The highest BCUT2D eigenvalue weighted by Gasteiger charge is 2.40. The lowest BCUT2D eigenvalue weighted by atomic mass is 9.93. The molecular formula is C14H21N3O3. The van der Waals surface area contributed by atoms with E-state index in [1.807, 2.05) is 0 Å². The second-order valence-corrected chi connectivity index (χ2v) is 5.82. The lowest BCUT2D eigenvalue weighted by Crippen LogP contribution is -2.53. The van der Waals surface area contributed by atoms with E-state index in [4.69, 9.17) is 10.4 Å². The molecule has 0 aromatic carbocycles. The summed E-state index contributed by atoms with van der Waals surface area (Å²) in [5.41, 5.74) is -0.595. The van der Waals surface area contributed by atoms with Gasteiger partial charge in [-0.3, -0.25) is 4.79 Å². The van der Waals surface area contributed by atoms with Crippen LogP contribution in [0.5, 0.6) is 0 Å². The molecule has 20 heavy (non-hydrogen) atoms. The van der Waals surface area contributed by atoms with Gasteiger partial charge >= 0.3 is 12.0 Å². The van der Waals surface area contributed by atoms with E-state index in [0.717, 1.165) is 38.5 Å². The molecule has 2 aliphatic carbocycles. The van der Waals surface area contributed by atoms with Crippen molar-refractivity contribution in [2.45, 2.75) is 62.9 Å². The maximum Gasteiger partial charge on any atom is 0.318 e. The average Bonchev–Trinajstić information content (AvgIpc) is 3.11. The summed E-state index contributed by atoms with van der Waals surface area (Å²) in [7, 11) is 0. The van der Waals surface area contributed by atoms with Crippen molar-refractivity contribution < 1.29 is 14.7 Å². The number of carbonyl (C=O) groups is 2. The molecule has 0 aromatic rings. The number of hydrogen-bond donors (Lipinski definition) is 2. The monoisotopic (exact) mass is 279 g/mol. The number of nitrogens with zero attached hydrogens (tertiary/aromatic N) is 2. The fourth-order valence-electron chi connectivity index (χ4n) is 2.99. The maximum absolute atomic E-state index is 12.4. The zero-order valence-electron chi connectivity index (χ0n) is 11.6. The van der Waals surface area contributed by atoms with Crippen molar-refractivity contribution in [1.82, 2.24) is 10.2 Å². The van der Waals surface area contributed by atoms with E-state index in [-0.39, 0.29) is 18.5 Å². The number of rotatable bonds is 6. The van der Waals surface area contributed by atoms with E-state index in [9.17, 15) is 9.59 Å². The molecule has 0 unspecified atom stereocenters. The predicted octanol–water partition coefficient (Wildman–Crippen LogP) is 1.86. The van der Waals surface area contributed by atoms with E-state index in [0.29, 0.717) is 13.0 Å². The summed E-state index contributed by atoms with van der Waals surface area (Å²) < 4.78 is 0. The number of aliphatic carboxylic acids is 1. The molecule has 2 rings (SSSR count). The van der Waals surface area contributed by atoms with Crippen LogP contribution < -0.4 is 5.32 Å². The first-order valence-corrected chi connectivity index (χ1v) is 7.24. The van der Waals surface area contributed by atoms with Gasteiger partial charge in [-0.1, -0.05) is 12.8 Å². The lowest BCUT2D eigenvalue weighted by Gasteiger charge is -2.32.